The van der Waals surface area contributed by atoms with Crippen LogP contribution in [0.3, 0.4) is 0 Å². The Morgan fingerprint density at radius 3 is 2.30 bits per heavy atom. The van der Waals surface area contributed by atoms with Crippen molar-refractivity contribution < 1.29 is 19.8 Å². The van der Waals surface area contributed by atoms with Gasteiger partial charge in [-0.3, -0.25) is 0 Å². The molecule has 0 heterocycles. The molecule has 0 aromatic heterocycles. The van der Waals surface area contributed by atoms with Gasteiger partial charge in [0, 0.05) is 0 Å². The normalized spacial score (nSPS) is 12.5. The van der Waals surface area contributed by atoms with Crippen LogP contribution in [0.2, 0.25) is 10.1 Å². The SMILES string of the molecule is C[C@H]([Se]CC(=O)O)C(=O)O. The van der Waals surface area contributed by atoms with E-state index in [1.54, 1.807) is 0 Å². The van der Waals surface area contributed by atoms with Crippen LogP contribution in [-0.2, 0) is 9.59 Å². The molecule has 4 nitrogen and oxygen atoms in total. The van der Waals surface area contributed by atoms with E-state index < -0.39 is 16.8 Å². The third-order valence-electron chi connectivity index (χ3n) is 0.805. The van der Waals surface area contributed by atoms with E-state index in [-0.39, 0.29) is 20.3 Å². The monoisotopic (exact) mass is 212 g/mol. The Hall–Kier alpha value is -0.541. The van der Waals surface area contributed by atoms with Gasteiger partial charge in [-0.25, -0.2) is 0 Å². The molecule has 0 aromatic carbocycles. The molecule has 0 unspecified atom stereocenters. The number of hydrogen-bond acceptors (Lipinski definition) is 2. The summed E-state index contributed by atoms with van der Waals surface area (Å²) in [6.45, 7) is 1.52. The summed E-state index contributed by atoms with van der Waals surface area (Å²) in [6, 6.07) is 0. The molecule has 0 bridgehead atoms. The summed E-state index contributed by atoms with van der Waals surface area (Å²) in [7, 11) is 0. The van der Waals surface area contributed by atoms with Crippen molar-refractivity contribution in [1.82, 2.24) is 0 Å². The Bertz CT molecular complexity index is 145. The van der Waals surface area contributed by atoms with Gasteiger partial charge in [0.2, 0.25) is 0 Å². The Morgan fingerprint density at radius 2 is 2.00 bits per heavy atom. The fraction of sp³-hybridized carbons (Fsp3) is 0.600. The van der Waals surface area contributed by atoms with Crippen LogP contribution in [0.4, 0.5) is 0 Å². The van der Waals surface area contributed by atoms with Gasteiger partial charge >= 0.3 is 63.8 Å². The van der Waals surface area contributed by atoms with Gasteiger partial charge in [-0.05, 0) is 0 Å². The maximum absolute atomic E-state index is 10.1. The average Bonchev–Trinajstić information content (AvgIpc) is 1.82. The Kier molecular flexibility index (Phi) is 4.07. The predicted molar refractivity (Wildman–Crippen MR) is 35.3 cm³/mol. The fourth-order valence-electron chi connectivity index (χ4n) is 0.268. The van der Waals surface area contributed by atoms with Crippen molar-refractivity contribution in [3.63, 3.8) is 0 Å². The van der Waals surface area contributed by atoms with E-state index >= 15 is 0 Å². The maximum atomic E-state index is 10.1. The van der Waals surface area contributed by atoms with E-state index in [1.807, 2.05) is 0 Å². The molecule has 5 heteroatoms. The van der Waals surface area contributed by atoms with Gasteiger partial charge in [0.15, 0.2) is 0 Å². The van der Waals surface area contributed by atoms with Crippen LogP contribution >= 0.6 is 0 Å². The second-order valence-electron chi connectivity index (χ2n) is 1.69. The molecule has 0 aromatic rings. The molecule has 58 valence electrons. The zero-order valence-electron chi connectivity index (χ0n) is 5.40. The molecule has 1 atom stereocenters. The third kappa shape index (κ3) is 4.35. The Balaban J connectivity index is 3.49. The number of carboxylic acids is 2. The average molecular weight is 211 g/mol. The van der Waals surface area contributed by atoms with Crippen molar-refractivity contribution in [1.29, 1.82) is 0 Å². The van der Waals surface area contributed by atoms with Gasteiger partial charge in [0.25, 0.3) is 0 Å². The number of rotatable bonds is 4. The zero-order valence-corrected chi connectivity index (χ0v) is 7.12. The fourth-order valence-corrected chi connectivity index (χ4v) is 1.39. The molecule has 0 fully saturated rings. The summed E-state index contributed by atoms with van der Waals surface area (Å²) in [5.74, 6) is -1.84. The molecule has 0 spiro atoms. The molecule has 0 rings (SSSR count). The molecule has 0 aliphatic rings. The summed E-state index contributed by atoms with van der Waals surface area (Å²) in [4.78, 5) is 19.6. The van der Waals surface area contributed by atoms with Crippen molar-refractivity contribution >= 4 is 26.9 Å². The van der Waals surface area contributed by atoms with E-state index in [1.165, 1.54) is 6.92 Å². The first-order valence-corrected chi connectivity index (χ1v) is 4.80. The van der Waals surface area contributed by atoms with Crippen LogP contribution in [0.1, 0.15) is 6.92 Å². The number of hydrogen-bond donors (Lipinski definition) is 2. The molecule has 2 N–H and O–H groups in total. The first kappa shape index (κ1) is 9.46. The molecule has 0 radical (unpaired) electrons. The zero-order chi connectivity index (χ0) is 8.15. The second kappa shape index (κ2) is 4.30. The standard InChI is InChI=1S/C5H8O4Se/c1-3(5(8)9)10-2-4(6)7/h3H,2H2,1H3,(H,6,7)(H,8,9)/t3-/m0/s1. The quantitative estimate of drug-likeness (QED) is 0.646. The van der Waals surface area contributed by atoms with Crippen LogP contribution in [-0.4, -0.2) is 37.1 Å². The van der Waals surface area contributed by atoms with Gasteiger partial charge in [-0.15, -0.1) is 0 Å². The summed E-state index contributed by atoms with van der Waals surface area (Å²) in [6.07, 6.45) is 0. The Morgan fingerprint density at radius 1 is 1.50 bits per heavy atom. The number of aliphatic carboxylic acids is 2. The molecule has 10 heavy (non-hydrogen) atoms. The molecule has 0 saturated heterocycles. The van der Waals surface area contributed by atoms with E-state index in [0.717, 1.165) is 0 Å². The topological polar surface area (TPSA) is 74.6 Å². The first-order chi connectivity index (χ1) is 4.54. The van der Waals surface area contributed by atoms with Crippen molar-refractivity contribution in [2.45, 2.75) is 17.1 Å². The summed E-state index contributed by atoms with van der Waals surface area (Å²) >= 11 is -0.322. The van der Waals surface area contributed by atoms with E-state index in [2.05, 4.69) is 0 Å². The number of carboxylic acid groups (broad SMARTS) is 2. The molecule has 0 saturated carbocycles. The molecular weight excluding hydrogens is 203 g/mol. The van der Waals surface area contributed by atoms with Crippen LogP contribution in [0.5, 0.6) is 0 Å². The van der Waals surface area contributed by atoms with E-state index in [9.17, 15) is 9.59 Å². The third-order valence-corrected chi connectivity index (χ3v) is 3.14. The second-order valence-corrected chi connectivity index (χ2v) is 4.47. The van der Waals surface area contributed by atoms with Crippen LogP contribution < -0.4 is 0 Å². The van der Waals surface area contributed by atoms with Gasteiger partial charge in [-0.1, -0.05) is 0 Å². The summed E-state index contributed by atoms with van der Waals surface area (Å²) in [5, 5.41) is 16.5. The van der Waals surface area contributed by atoms with Crippen molar-refractivity contribution in [2.75, 3.05) is 0 Å². The molecule has 0 aliphatic carbocycles. The first-order valence-electron chi connectivity index (χ1n) is 2.60. The molecule has 0 aliphatic heterocycles. The van der Waals surface area contributed by atoms with Crippen LogP contribution in [0.15, 0.2) is 0 Å². The number of carbonyl (C=O) groups is 2. The van der Waals surface area contributed by atoms with Crippen LogP contribution in [0, 0.1) is 0 Å². The van der Waals surface area contributed by atoms with Crippen LogP contribution in [0.25, 0.3) is 0 Å². The van der Waals surface area contributed by atoms with Crippen molar-refractivity contribution in [3.05, 3.63) is 0 Å². The minimum absolute atomic E-state index is 0.0134. The minimum atomic E-state index is -0.923. The Labute approximate surface area is 64.4 Å². The van der Waals surface area contributed by atoms with E-state index in [0.29, 0.717) is 0 Å². The predicted octanol–water partition coefficient (Wildman–Crippen LogP) is 0.0865. The van der Waals surface area contributed by atoms with Gasteiger partial charge in [-0.2, -0.15) is 0 Å². The molecule has 0 amide bonds. The summed E-state index contributed by atoms with van der Waals surface area (Å²) in [5.41, 5.74) is 0. The van der Waals surface area contributed by atoms with Crippen molar-refractivity contribution in [3.8, 4) is 0 Å². The van der Waals surface area contributed by atoms with Gasteiger partial charge in [0.05, 0.1) is 0 Å². The van der Waals surface area contributed by atoms with E-state index in [4.69, 9.17) is 10.2 Å². The molecular formula is C5H8O4Se. The van der Waals surface area contributed by atoms with Gasteiger partial charge < -0.3 is 0 Å². The van der Waals surface area contributed by atoms with Crippen molar-refractivity contribution in [2.24, 2.45) is 0 Å². The summed E-state index contributed by atoms with van der Waals surface area (Å²) < 4.78 is 0. The van der Waals surface area contributed by atoms with Gasteiger partial charge in [0.1, 0.15) is 0 Å².